The summed E-state index contributed by atoms with van der Waals surface area (Å²) in [4.78, 5) is 4.57. The van der Waals surface area contributed by atoms with Crippen LogP contribution in [0.3, 0.4) is 0 Å². The van der Waals surface area contributed by atoms with Crippen LogP contribution in [0.5, 0.6) is 0 Å². The Morgan fingerprint density at radius 2 is 2.05 bits per heavy atom. The number of rotatable bonds is 7. The van der Waals surface area contributed by atoms with Gasteiger partial charge in [-0.1, -0.05) is 19.0 Å². The molecule has 5 nitrogen and oxygen atoms in total. The van der Waals surface area contributed by atoms with Crippen molar-refractivity contribution >= 4 is 0 Å². The molecule has 1 atom stereocenters. The van der Waals surface area contributed by atoms with Crippen molar-refractivity contribution in [3.05, 3.63) is 11.7 Å². The summed E-state index contributed by atoms with van der Waals surface area (Å²) in [6.45, 7) is 5.08. The second-order valence-corrected chi connectivity index (χ2v) is 6.35. The molecule has 1 saturated carbocycles. The zero-order chi connectivity index (χ0) is 14.6. The molecule has 5 heteroatoms. The van der Waals surface area contributed by atoms with Gasteiger partial charge in [0.2, 0.25) is 11.7 Å². The molecule has 1 aliphatic rings. The third-order valence-corrected chi connectivity index (χ3v) is 4.28. The average Bonchev–Trinajstić information content (AvgIpc) is 3.06. The van der Waals surface area contributed by atoms with Gasteiger partial charge in [0.15, 0.2) is 0 Å². The SMILES string of the molecule is COC1(c2noc(C[C@@H](CN)CC(C)C)n2)CCCC1. The summed E-state index contributed by atoms with van der Waals surface area (Å²) in [7, 11) is 1.74. The van der Waals surface area contributed by atoms with Crippen molar-refractivity contribution in [1.29, 1.82) is 0 Å². The van der Waals surface area contributed by atoms with E-state index in [1.54, 1.807) is 7.11 Å². The topological polar surface area (TPSA) is 74.2 Å². The van der Waals surface area contributed by atoms with Gasteiger partial charge in [-0.2, -0.15) is 4.98 Å². The Morgan fingerprint density at radius 3 is 2.60 bits per heavy atom. The second-order valence-electron chi connectivity index (χ2n) is 6.35. The monoisotopic (exact) mass is 281 g/mol. The molecule has 0 unspecified atom stereocenters. The normalized spacial score (nSPS) is 19.6. The van der Waals surface area contributed by atoms with E-state index in [9.17, 15) is 0 Å². The summed E-state index contributed by atoms with van der Waals surface area (Å²) in [6.07, 6.45) is 6.14. The maximum atomic E-state index is 5.84. The number of methoxy groups -OCH3 is 1. The van der Waals surface area contributed by atoms with E-state index in [1.807, 2.05) is 0 Å². The molecule has 20 heavy (non-hydrogen) atoms. The molecule has 1 heterocycles. The summed E-state index contributed by atoms with van der Waals surface area (Å²) in [5.41, 5.74) is 5.51. The minimum atomic E-state index is -0.321. The molecule has 0 bridgehead atoms. The zero-order valence-corrected chi connectivity index (χ0v) is 12.9. The van der Waals surface area contributed by atoms with Gasteiger partial charge < -0.3 is 15.0 Å². The zero-order valence-electron chi connectivity index (χ0n) is 12.9. The van der Waals surface area contributed by atoms with Gasteiger partial charge in [0, 0.05) is 13.5 Å². The van der Waals surface area contributed by atoms with Crippen LogP contribution in [-0.2, 0) is 16.8 Å². The highest BCUT2D eigenvalue weighted by Crippen LogP contribution is 2.40. The largest absolute Gasteiger partial charge is 0.370 e. The standard InChI is InChI=1S/C15H27N3O2/c1-11(2)8-12(10-16)9-13-17-14(18-20-13)15(19-3)6-4-5-7-15/h11-12H,4-10,16H2,1-3H3/t12-/m0/s1. The molecular formula is C15H27N3O2. The van der Waals surface area contributed by atoms with E-state index in [4.69, 9.17) is 15.0 Å². The highest BCUT2D eigenvalue weighted by molar-refractivity contribution is 5.04. The van der Waals surface area contributed by atoms with E-state index in [0.717, 1.165) is 38.5 Å². The van der Waals surface area contributed by atoms with Crippen LogP contribution in [0.25, 0.3) is 0 Å². The van der Waals surface area contributed by atoms with Crippen molar-refractivity contribution < 1.29 is 9.26 Å². The maximum absolute atomic E-state index is 5.84. The lowest BCUT2D eigenvalue weighted by molar-refractivity contribution is -0.0178. The van der Waals surface area contributed by atoms with Gasteiger partial charge in [0.1, 0.15) is 5.60 Å². The quantitative estimate of drug-likeness (QED) is 0.831. The van der Waals surface area contributed by atoms with E-state index in [2.05, 4.69) is 24.0 Å². The first-order valence-corrected chi connectivity index (χ1v) is 7.68. The van der Waals surface area contributed by atoms with Crippen molar-refractivity contribution in [3.63, 3.8) is 0 Å². The maximum Gasteiger partial charge on any atom is 0.227 e. The van der Waals surface area contributed by atoms with Gasteiger partial charge in [-0.05, 0) is 50.5 Å². The smallest absolute Gasteiger partial charge is 0.227 e. The van der Waals surface area contributed by atoms with Gasteiger partial charge in [-0.25, -0.2) is 0 Å². The first-order valence-electron chi connectivity index (χ1n) is 7.68. The van der Waals surface area contributed by atoms with Gasteiger partial charge in [0.05, 0.1) is 0 Å². The molecule has 0 amide bonds. The van der Waals surface area contributed by atoms with Crippen LogP contribution in [0.2, 0.25) is 0 Å². The predicted molar refractivity (Wildman–Crippen MR) is 77.2 cm³/mol. The minimum absolute atomic E-state index is 0.321. The Hall–Kier alpha value is -0.940. The molecule has 2 rings (SSSR count). The molecule has 1 aromatic rings. The molecule has 0 spiro atoms. The predicted octanol–water partition coefficient (Wildman–Crippen LogP) is 2.65. The number of nitrogens with two attached hydrogens (primary N) is 1. The van der Waals surface area contributed by atoms with Crippen LogP contribution in [0, 0.1) is 11.8 Å². The summed E-state index contributed by atoms with van der Waals surface area (Å²) in [5, 5.41) is 4.16. The van der Waals surface area contributed by atoms with E-state index in [-0.39, 0.29) is 5.60 Å². The third-order valence-electron chi connectivity index (χ3n) is 4.28. The van der Waals surface area contributed by atoms with Crippen molar-refractivity contribution in [3.8, 4) is 0 Å². The van der Waals surface area contributed by atoms with Crippen LogP contribution in [0.1, 0.15) is 57.7 Å². The summed E-state index contributed by atoms with van der Waals surface area (Å²) < 4.78 is 11.1. The summed E-state index contributed by atoms with van der Waals surface area (Å²) in [5.74, 6) is 2.45. The van der Waals surface area contributed by atoms with Gasteiger partial charge in [-0.3, -0.25) is 0 Å². The van der Waals surface area contributed by atoms with Crippen molar-refractivity contribution in [2.45, 2.75) is 58.0 Å². The average molecular weight is 281 g/mol. The van der Waals surface area contributed by atoms with Gasteiger partial charge in [0.25, 0.3) is 0 Å². The fourth-order valence-electron chi connectivity index (χ4n) is 3.16. The molecule has 0 radical (unpaired) electrons. The van der Waals surface area contributed by atoms with E-state index in [1.165, 1.54) is 0 Å². The molecule has 0 aromatic carbocycles. The first-order chi connectivity index (χ1) is 9.59. The molecular weight excluding hydrogens is 254 g/mol. The van der Waals surface area contributed by atoms with Gasteiger partial charge >= 0.3 is 0 Å². The Bertz CT molecular complexity index is 411. The lowest BCUT2D eigenvalue weighted by atomic mass is 9.94. The Morgan fingerprint density at radius 1 is 1.35 bits per heavy atom. The van der Waals surface area contributed by atoms with Crippen molar-refractivity contribution in [2.24, 2.45) is 17.6 Å². The fourth-order valence-corrected chi connectivity index (χ4v) is 3.16. The molecule has 0 saturated heterocycles. The van der Waals surface area contributed by atoms with Crippen molar-refractivity contribution in [1.82, 2.24) is 10.1 Å². The molecule has 1 aromatic heterocycles. The fraction of sp³-hybridized carbons (Fsp3) is 0.867. The van der Waals surface area contributed by atoms with E-state index >= 15 is 0 Å². The Balaban J connectivity index is 2.04. The highest BCUT2D eigenvalue weighted by atomic mass is 16.5. The molecule has 1 fully saturated rings. The van der Waals surface area contributed by atoms with Crippen LogP contribution in [0.15, 0.2) is 4.52 Å². The van der Waals surface area contributed by atoms with Crippen molar-refractivity contribution in [2.75, 3.05) is 13.7 Å². The lowest BCUT2D eigenvalue weighted by Gasteiger charge is -2.22. The number of hydrogen-bond acceptors (Lipinski definition) is 5. The summed E-state index contributed by atoms with van der Waals surface area (Å²) >= 11 is 0. The molecule has 1 aliphatic carbocycles. The highest BCUT2D eigenvalue weighted by Gasteiger charge is 2.40. The minimum Gasteiger partial charge on any atom is -0.370 e. The Kier molecular flexibility index (Phi) is 5.16. The Labute approximate surface area is 121 Å². The number of hydrogen-bond donors (Lipinski definition) is 1. The molecule has 2 N–H and O–H groups in total. The molecule has 114 valence electrons. The van der Waals surface area contributed by atoms with Crippen LogP contribution in [-0.4, -0.2) is 23.8 Å². The van der Waals surface area contributed by atoms with Crippen LogP contribution < -0.4 is 5.73 Å². The van der Waals surface area contributed by atoms with E-state index in [0.29, 0.717) is 30.1 Å². The lowest BCUT2D eigenvalue weighted by Crippen LogP contribution is -2.26. The summed E-state index contributed by atoms with van der Waals surface area (Å²) in [6, 6.07) is 0. The van der Waals surface area contributed by atoms with Crippen LogP contribution >= 0.6 is 0 Å². The first kappa shape index (κ1) is 15.4. The molecule has 0 aliphatic heterocycles. The number of ether oxygens (including phenoxy) is 1. The van der Waals surface area contributed by atoms with Crippen LogP contribution in [0.4, 0.5) is 0 Å². The van der Waals surface area contributed by atoms with E-state index < -0.39 is 0 Å². The third kappa shape index (κ3) is 3.38. The van der Waals surface area contributed by atoms with Gasteiger partial charge in [-0.15, -0.1) is 0 Å². The number of aromatic nitrogens is 2. The second kappa shape index (κ2) is 6.68. The number of nitrogens with zero attached hydrogens (tertiary/aromatic N) is 2.